The number of hydrogen-bond donors (Lipinski definition) is 2. The number of carbonyl (C=O) groups excluding carboxylic acids is 1. The molecule has 4 aromatic rings. The molecule has 31 heavy (non-hydrogen) atoms. The Morgan fingerprint density at radius 2 is 1.74 bits per heavy atom. The fraction of sp³-hybridized carbons (Fsp3) is 0.143. The molecule has 160 valence electrons. The zero-order valence-corrected chi connectivity index (χ0v) is 17.9. The van der Waals surface area contributed by atoms with Gasteiger partial charge < -0.3 is 8.98 Å². The molecule has 0 saturated carbocycles. The molecule has 2 aromatic heterocycles. The number of oxazole rings is 1. The van der Waals surface area contributed by atoms with E-state index in [1.54, 1.807) is 13.0 Å². The summed E-state index contributed by atoms with van der Waals surface area (Å²) in [6.07, 6.45) is 0. The maximum absolute atomic E-state index is 12.7. The molecular weight excluding hydrogens is 420 g/mol. The Morgan fingerprint density at radius 3 is 2.45 bits per heavy atom. The number of para-hydroxylation sites is 1. The highest BCUT2D eigenvalue weighted by Crippen LogP contribution is 2.21. The van der Waals surface area contributed by atoms with Crippen LogP contribution in [0.25, 0.3) is 16.8 Å². The normalized spacial score (nSPS) is 11.7. The molecule has 0 atom stereocenters. The zero-order valence-electron chi connectivity index (χ0n) is 17.0. The number of aryl methyl sites for hydroxylation is 2. The van der Waals surface area contributed by atoms with Crippen LogP contribution in [0.4, 0.5) is 0 Å². The number of sulfonamides is 1. The van der Waals surface area contributed by atoms with E-state index < -0.39 is 21.7 Å². The van der Waals surface area contributed by atoms with E-state index in [0.717, 1.165) is 11.4 Å². The van der Waals surface area contributed by atoms with Gasteiger partial charge in [-0.25, -0.2) is 13.2 Å². The van der Waals surface area contributed by atoms with Crippen molar-refractivity contribution >= 4 is 27.0 Å². The van der Waals surface area contributed by atoms with Gasteiger partial charge in [-0.2, -0.15) is 0 Å². The average molecular weight is 440 g/mol. The van der Waals surface area contributed by atoms with E-state index in [0.29, 0.717) is 16.8 Å². The van der Waals surface area contributed by atoms with E-state index in [1.165, 1.54) is 29.8 Å². The van der Waals surface area contributed by atoms with Crippen molar-refractivity contribution in [2.45, 2.75) is 18.7 Å². The Kier molecular flexibility index (Phi) is 5.03. The largest absolute Gasteiger partial charge is 0.419 e. The summed E-state index contributed by atoms with van der Waals surface area (Å²) in [6, 6.07) is 15.2. The lowest BCUT2D eigenvalue weighted by Crippen LogP contribution is -2.41. The minimum Gasteiger partial charge on any atom is -0.408 e. The van der Waals surface area contributed by atoms with Gasteiger partial charge >= 0.3 is 5.76 Å². The van der Waals surface area contributed by atoms with Gasteiger partial charge in [0.25, 0.3) is 15.9 Å². The number of nitrogens with one attached hydrogen (secondary N) is 2. The van der Waals surface area contributed by atoms with Crippen LogP contribution in [0.1, 0.15) is 21.7 Å². The lowest BCUT2D eigenvalue weighted by molar-refractivity contribution is 0.0944. The number of rotatable bonds is 5. The summed E-state index contributed by atoms with van der Waals surface area (Å²) in [4.78, 5) is 26.2. The molecule has 2 heterocycles. The van der Waals surface area contributed by atoms with Gasteiger partial charge in [0.05, 0.1) is 16.0 Å². The Bertz CT molecular complexity index is 1460. The highest BCUT2D eigenvalue weighted by atomic mass is 32.2. The smallest absolute Gasteiger partial charge is 0.408 e. The van der Waals surface area contributed by atoms with Crippen LogP contribution in [0.15, 0.2) is 68.7 Å². The lowest BCUT2D eigenvalue weighted by Gasteiger charge is -2.10. The monoisotopic (exact) mass is 440 g/mol. The molecule has 0 aliphatic rings. The predicted molar refractivity (Wildman–Crippen MR) is 114 cm³/mol. The lowest BCUT2D eigenvalue weighted by atomic mass is 10.2. The van der Waals surface area contributed by atoms with Crippen molar-refractivity contribution in [2.75, 3.05) is 0 Å². The average Bonchev–Trinajstić information content (AvgIpc) is 3.21. The summed E-state index contributed by atoms with van der Waals surface area (Å²) in [5.74, 6) is -1.19. The standard InChI is InChI=1S/C21H20N4O5S/c1-13-11-17(14(2)25(13)15-7-5-4-6-8-15)20(26)22-23-31(28,29)16-9-10-18-19(12-16)30-21(27)24(18)3/h4-12,23H,1-3H3,(H,22,26). The minimum atomic E-state index is -4.09. The Balaban J connectivity index is 1.57. The first-order chi connectivity index (χ1) is 14.7. The maximum Gasteiger partial charge on any atom is 0.419 e. The number of carbonyl (C=O) groups is 1. The van der Waals surface area contributed by atoms with Crippen molar-refractivity contribution in [1.82, 2.24) is 19.4 Å². The van der Waals surface area contributed by atoms with Crippen LogP contribution in [0.2, 0.25) is 0 Å². The van der Waals surface area contributed by atoms with Gasteiger partial charge in [-0.1, -0.05) is 18.2 Å². The van der Waals surface area contributed by atoms with Crippen molar-refractivity contribution in [1.29, 1.82) is 0 Å². The number of amides is 1. The third-order valence-corrected chi connectivity index (χ3v) is 6.31. The molecule has 9 nitrogen and oxygen atoms in total. The number of fused-ring (bicyclic) bond motifs is 1. The molecule has 0 spiro atoms. The van der Waals surface area contributed by atoms with Crippen molar-refractivity contribution in [3.05, 3.63) is 82.1 Å². The molecule has 0 aliphatic heterocycles. The van der Waals surface area contributed by atoms with E-state index >= 15 is 0 Å². The number of hydrogen-bond acceptors (Lipinski definition) is 5. The van der Waals surface area contributed by atoms with E-state index in [9.17, 15) is 18.0 Å². The van der Waals surface area contributed by atoms with Crippen LogP contribution in [-0.4, -0.2) is 23.5 Å². The molecular formula is C21H20N4O5S. The first-order valence-electron chi connectivity index (χ1n) is 9.35. The Morgan fingerprint density at radius 1 is 1.03 bits per heavy atom. The molecule has 0 fully saturated rings. The maximum atomic E-state index is 12.7. The minimum absolute atomic E-state index is 0.133. The third kappa shape index (κ3) is 3.66. The molecule has 4 rings (SSSR count). The van der Waals surface area contributed by atoms with Crippen molar-refractivity contribution < 1.29 is 17.6 Å². The topological polar surface area (TPSA) is 115 Å². The molecule has 10 heteroatoms. The van der Waals surface area contributed by atoms with Crippen LogP contribution < -0.4 is 16.0 Å². The predicted octanol–water partition coefficient (Wildman–Crippen LogP) is 2.16. The van der Waals surface area contributed by atoms with Crippen LogP contribution >= 0.6 is 0 Å². The fourth-order valence-electron chi connectivity index (χ4n) is 3.49. The zero-order chi connectivity index (χ0) is 22.3. The second-order valence-corrected chi connectivity index (χ2v) is 8.75. The van der Waals surface area contributed by atoms with Gasteiger partial charge in [0.1, 0.15) is 0 Å². The van der Waals surface area contributed by atoms with Crippen LogP contribution in [-0.2, 0) is 17.1 Å². The summed E-state index contributed by atoms with van der Waals surface area (Å²) in [5, 5.41) is 0. The van der Waals surface area contributed by atoms with Gasteiger partial charge in [-0.05, 0) is 44.2 Å². The summed E-state index contributed by atoms with van der Waals surface area (Å²) in [6.45, 7) is 3.65. The highest BCUT2D eigenvalue weighted by Gasteiger charge is 2.21. The molecule has 0 aliphatic carbocycles. The second-order valence-electron chi connectivity index (χ2n) is 7.07. The highest BCUT2D eigenvalue weighted by molar-refractivity contribution is 7.89. The van der Waals surface area contributed by atoms with E-state index in [2.05, 4.69) is 10.3 Å². The molecule has 2 N–H and O–H groups in total. The van der Waals surface area contributed by atoms with Gasteiger partial charge in [-0.15, -0.1) is 4.83 Å². The van der Waals surface area contributed by atoms with Crippen LogP contribution in [0.5, 0.6) is 0 Å². The van der Waals surface area contributed by atoms with Crippen LogP contribution in [0, 0.1) is 13.8 Å². The number of aromatic nitrogens is 2. The Hall–Kier alpha value is -3.63. The van der Waals surface area contributed by atoms with Crippen molar-refractivity contribution in [2.24, 2.45) is 7.05 Å². The van der Waals surface area contributed by atoms with Crippen molar-refractivity contribution in [3.8, 4) is 5.69 Å². The molecule has 0 bridgehead atoms. The van der Waals surface area contributed by atoms with Crippen molar-refractivity contribution in [3.63, 3.8) is 0 Å². The molecule has 0 radical (unpaired) electrons. The number of nitrogens with zero attached hydrogens (tertiary/aromatic N) is 2. The Labute approximate surface area is 177 Å². The summed E-state index contributed by atoms with van der Waals surface area (Å²) in [5.41, 5.74) is 5.59. The molecule has 1 amide bonds. The third-order valence-electron chi connectivity index (χ3n) is 5.06. The molecule has 0 saturated heterocycles. The first kappa shape index (κ1) is 20.6. The van der Waals surface area contributed by atoms with Gasteiger partial charge in [0.2, 0.25) is 0 Å². The summed E-state index contributed by atoms with van der Waals surface area (Å²) >= 11 is 0. The summed E-state index contributed by atoms with van der Waals surface area (Å²) in [7, 11) is -2.57. The van der Waals surface area contributed by atoms with E-state index in [-0.39, 0.29) is 10.5 Å². The SMILES string of the molecule is Cc1cc(C(=O)NNS(=O)(=O)c2ccc3c(c2)oc(=O)n3C)c(C)n1-c1ccccc1. The summed E-state index contributed by atoms with van der Waals surface area (Å²) < 4.78 is 33.5. The van der Waals surface area contributed by atoms with Gasteiger partial charge in [0, 0.05) is 30.2 Å². The first-order valence-corrected chi connectivity index (χ1v) is 10.8. The fourth-order valence-corrected chi connectivity index (χ4v) is 4.34. The quantitative estimate of drug-likeness (QED) is 0.462. The van der Waals surface area contributed by atoms with Gasteiger partial charge in [-0.3, -0.25) is 14.8 Å². The number of benzene rings is 2. The van der Waals surface area contributed by atoms with Crippen LogP contribution in [0.3, 0.4) is 0 Å². The number of hydrazine groups is 1. The second kappa shape index (κ2) is 7.56. The van der Waals surface area contributed by atoms with E-state index in [4.69, 9.17) is 4.42 Å². The molecule has 0 unspecified atom stereocenters. The molecule has 2 aromatic carbocycles. The van der Waals surface area contributed by atoms with E-state index in [1.807, 2.05) is 41.8 Å². The van der Waals surface area contributed by atoms with Gasteiger partial charge in [0.15, 0.2) is 5.58 Å².